The van der Waals surface area contributed by atoms with Gasteiger partial charge in [-0.05, 0) is 43.3 Å². The Morgan fingerprint density at radius 3 is 2.10 bits per heavy atom. The molecule has 0 heterocycles. The fourth-order valence-electron chi connectivity index (χ4n) is 7.16. The van der Waals surface area contributed by atoms with E-state index in [9.17, 15) is 39.3 Å². The van der Waals surface area contributed by atoms with Gasteiger partial charge in [-0.15, -0.1) is 0 Å². The van der Waals surface area contributed by atoms with Crippen molar-refractivity contribution in [3.05, 3.63) is 47.5 Å². The maximum Gasteiger partial charge on any atom is 0.235 e. The van der Waals surface area contributed by atoms with Crippen LogP contribution in [-0.2, 0) is 19.2 Å². The number of nitrogens with zero attached hydrogens (tertiary/aromatic N) is 2. The number of hydrogen-bond acceptors (Lipinski definition) is 10. The summed E-state index contributed by atoms with van der Waals surface area (Å²) in [5, 5.41) is 34.8. The summed E-state index contributed by atoms with van der Waals surface area (Å²) in [6.07, 6.45) is -1.66. The van der Waals surface area contributed by atoms with Crippen molar-refractivity contribution < 1.29 is 39.3 Å². The Morgan fingerprint density at radius 2 is 1.56 bits per heavy atom. The molecule has 5 N–H and O–H groups in total. The zero-order chi connectivity index (χ0) is 30.3. The number of primary amides is 1. The van der Waals surface area contributed by atoms with Crippen LogP contribution < -0.4 is 10.6 Å². The molecule has 41 heavy (non-hydrogen) atoms. The summed E-state index contributed by atoms with van der Waals surface area (Å²) < 4.78 is 0. The lowest BCUT2D eigenvalue weighted by Gasteiger charge is -2.56. The molecule has 5 rings (SSSR count). The molecule has 11 nitrogen and oxygen atoms in total. The Morgan fingerprint density at radius 1 is 0.951 bits per heavy atom. The van der Waals surface area contributed by atoms with Crippen LogP contribution in [0.5, 0.6) is 5.75 Å². The Balaban J connectivity index is 1.66. The number of aliphatic hydroxyl groups is 2. The molecule has 0 aliphatic heterocycles. The van der Waals surface area contributed by atoms with E-state index in [1.54, 1.807) is 31.2 Å². The molecule has 1 amide bonds. The van der Waals surface area contributed by atoms with Crippen LogP contribution >= 0.6 is 0 Å². The number of fused-ring (bicyclic) bond motifs is 3. The van der Waals surface area contributed by atoms with Crippen molar-refractivity contribution in [1.29, 1.82) is 0 Å². The van der Waals surface area contributed by atoms with Gasteiger partial charge in [-0.25, -0.2) is 0 Å². The van der Waals surface area contributed by atoms with Crippen molar-refractivity contribution in [3.63, 3.8) is 0 Å². The van der Waals surface area contributed by atoms with E-state index in [4.69, 9.17) is 5.73 Å². The second-order valence-corrected chi connectivity index (χ2v) is 11.7. The summed E-state index contributed by atoms with van der Waals surface area (Å²) in [6, 6.07) is 9.16. The molecule has 8 atom stereocenters. The lowest BCUT2D eigenvalue weighted by Crippen LogP contribution is -2.77. The standard InChI is InChI=1S/C30H33N3O8/c1-12-15-10-11-16(13-6-8-14(9-7-13)32(2)3)23(34)18(15)24(35)19-17(12)25(36)21-22(33(4)5)26(37)20(29(31)40)28(39)30(21,41)27(19)38/h6-12,17,19-22,25,34,36,41H,1-5H3,(H2,31,40)/t12-,17+,19?,20?,21+,22-,25-,30-/m0/s1. The van der Waals surface area contributed by atoms with Gasteiger partial charge < -0.3 is 26.0 Å². The maximum absolute atomic E-state index is 14.1. The van der Waals surface area contributed by atoms with Crippen molar-refractivity contribution in [2.75, 3.05) is 33.1 Å². The molecular formula is C30H33N3O8. The Bertz CT molecular complexity index is 1500. The summed E-state index contributed by atoms with van der Waals surface area (Å²) in [6.45, 7) is 1.68. The lowest BCUT2D eigenvalue weighted by molar-refractivity contribution is -0.196. The smallest absolute Gasteiger partial charge is 0.235 e. The number of benzene rings is 2. The second-order valence-electron chi connectivity index (χ2n) is 11.7. The number of anilines is 1. The van der Waals surface area contributed by atoms with Crippen molar-refractivity contribution >= 4 is 34.7 Å². The van der Waals surface area contributed by atoms with Crippen molar-refractivity contribution in [2.45, 2.75) is 30.6 Å². The highest BCUT2D eigenvalue weighted by Gasteiger charge is 2.72. The minimum absolute atomic E-state index is 0.134. The Labute approximate surface area is 236 Å². The number of likely N-dealkylation sites (N-methyl/N-ethyl adjacent to an activating group) is 1. The van der Waals surface area contributed by atoms with Crippen LogP contribution in [0.2, 0.25) is 0 Å². The van der Waals surface area contributed by atoms with Crippen LogP contribution in [0.3, 0.4) is 0 Å². The Kier molecular flexibility index (Phi) is 6.68. The van der Waals surface area contributed by atoms with Crippen LogP contribution in [0.1, 0.15) is 28.8 Å². The van der Waals surface area contributed by atoms with Gasteiger partial charge in [-0.1, -0.05) is 31.2 Å². The topological polar surface area (TPSA) is 179 Å². The Hall–Kier alpha value is -3.93. The zero-order valence-corrected chi connectivity index (χ0v) is 23.4. The lowest BCUT2D eigenvalue weighted by atomic mass is 9.49. The van der Waals surface area contributed by atoms with E-state index in [1.807, 2.05) is 31.1 Å². The third-order valence-electron chi connectivity index (χ3n) is 9.18. The normalized spacial score (nSPS) is 32.8. The van der Waals surface area contributed by atoms with E-state index in [0.717, 1.165) is 5.69 Å². The first-order valence-corrected chi connectivity index (χ1v) is 13.3. The van der Waals surface area contributed by atoms with Gasteiger partial charge in [-0.2, -0.15) is 0 Å². The first-order chi connectivity index (χ1) is 19.2. The third-order valence-corrected chi connectivity index (χ3v) is 9.18. The van der Waals surface area contributed by atoms with Gasteiger partial charge in [0.25, 0.3) is 0 Å². The first kappa shape index (κ1) is 28.6. The van der Waals surface area contributed by atoms with E-state index < -0.39 is 76.4 Å². The molecular weight excluding hydrogens is 530 g/mol. The van der Waals surface area contributed by atoms with Crippen LogP contribution in [-0.4, -0.2) is 95.2 Å². The van der Waals surface area contributed by atoms with E-state index in [1.165, 1.54) is 19.0 Å². The fraction of sp³-hybridized carbons (Fsp3) is 0.433. The van der Waals surface area contributed by atoms with Crippen molar-refractivity contribution in [3.8, 4) is 16.9 Å². The molecule has 2 aromatic carbocycles. The maximum atomic E-state index is 14.1. The molecule has 2 aromatic rings. The zero-order valence-electron chi connectivity index (χ0n) is 23.4. The number of hydrogen-bond donors (Lipinski definition) is 4. The number of rotatable bonds is 4. The molecule has 0 aromatic heterocycles. The highest BCUT2D eigenvalue weighted by atomic mass is 16.3. The number of ketones is 4. The number of carbonyl (C=O) groups excluding carboxylic acids is 5. The van der Waals surface area contributed by atoms with Crippen LogP contribution in [0.15, 0.2) is 36.4 Å². The number of nitrogens with two attached hydrogens (primary N) is 1. The van der Waals surface area contributed by atoms with Crippen LogP contribution in [0.25, 0.3) is 11.1 Å². The summed E-state index contributed by atoms with van der Waals surface area (Å²) in [5.74, 6) is -13.4. The number of aromatic hydroxyl groups is 1. The van der Waals surface area contributed by atoms with E-state index in [0.29, 0.717) is 16.7 Å². The first-order valence-electron chi connectivity index (χ1n) is 13.3. The van der Waals surface area contributed by atoms with Crippen molar-refractivity contribution in [1.82, 2.24) is 4.90 Å². The fourth-order valence-corrected chi connectivity index (χ4v) is 7.16. The quantitative estimate of drug-likeness (QED) is 0.374. The molecule has 2 unspecified atom stereocenters. The molecule has 2 saturated carbocycles. The highest BCUT2D eigenvalue weighted by molar-refractivity contribution is 6.32. The van der Waals surface area contributed by atoms with Crippen LogP contribution in [0.4, 0.5) is 5.69 Å². The molecule has 3 aliphatic carbocycles. The van der Waals surface area contributed by atoms with E-state index in [-0.39, 0.29) is 11.3 Å². The summed E-state index contributed by atoms with van der Waals surface area (Å²) in [5.41, 5.74) is 4.46. The molecule has 0 saturated heterocycles. The molecule has 11 heteroatoms. The van der Waals surface area contributed by atoms with Gasteiger partial charge in [0.05, 0.1) is 29.5 Å². The number of carbonyl (C=O) groups is 5. The van der Waals surface area contributed by atoms with E-state index >= 15 is 0 Å². The molecule has 2 fully saturated rings. The molecule has 0 radical (unpaired) electrons. The summed E-state index contributed by atoms with van der Waals surface area (Å²) in [4.78, 5) is 70.2. The predicted molar refractivity (Wildman–Crippen MR) is 147 cm³/mol. The van der Waals surface area contributed by atoms with Gasteiger partial charge in [0, 0.05) is 31.3 Å². The number of aliphatic hydroxyl groups excluding tert-OH is 1. The minimum Gasteiger partial charge on any atom is -0.507 e. The monoisotopic (exact) mass is 563 g/mol. The van der Waals surface area contributed by atoms with Gasteiger partial charge >= 0.3 is 0 Å². The van der Waals surface area contributed by atoms with Crippen LogP contribution in [0, 0.1) is 23.7 Å². The summed E-state index contributed by atoms with van der Waals surface area (Å²) in [7, 11) is 6.68. The third kappa shape index (κ3) is 3.79. The SMILES string of the molecule is C[C@H]1c2ccc(-c3ccc(N(C)C)cc3)c(O)c2C(=O)C2C(=O)[C@]3(O)C(=O)C(C(N)=O)C(=O)[C@@H](N(C)C)[C@@H]3[C@@H](O)[C@@H]21. The molecule has 0 bridgehead atoms. The number of Topliss-reactive ketones (excluding diaryl/α,β-unsaturated/α-hetero) is 4. The van der Waals surface area contributed by atoms with Gasteiger partial charge in [0.15, 0.2) is 34.7 Å². The van der Waals surface area contributed by atoms with Crippen molar-refractivity contribution in [2.24, 2.45) is 29.4 Å². The number of phenols is 1. The minimum atomic E-state index is -3.02. The van der Waals surface area contributed by atoms with Gasteiger partial charge in [0.2, 0.25) is 5.91 Å². The number of amides is 1. The number of phenolic OH excluding ortho intramolecular Hbond substituents is 1. The largest absolute Gasteiger partial charge is 0.507 e. The molecule has 0 spiro atoms. The van der Waals surface area contributed by atoms with Gasteiger partial charge in [-0.3, -0.25) is 28.9 Å². The molecule has 216 valence electrons. The summed E-state index contributed by atoms with van der Waals surface area (Å²) >= 11 is 0. The predicted octanol–water partition coefficient (Wildman–Crippen LogP) is 0.132. The van der Waals surface area contributed by atoms with Gasteiger partial charge in [0.1, 0.15) is 5.75 Å². The molecule has 3 aliphatic rings. The highest BCUT2D eigenvalue weighted by Crippen LogP contribution is 2.55. The van der Waals surface area contributed by atoms with E-state index in [2.05, 4.69) is 0 Å². The average molecular weight is 564 g/mol. The second kappa shape index (κ2) is 9.57. The average Bonchev–Trinajstić information content (AvgIpc) is 2.90.